The smallest absolute Gasteiger partial charge is 0.410 e. The molecule has 122 valence electrons. The number of carbonyl (C=O) groups is 1. The number of nitrogens with one attached hydrogen (secondary N) is 2. The third-order valence-electron chi connectivity index (χ3n) is 3.36. The summed E-state index contributed by atoms with van der Waals surface area (Å²) < 4.78 is 5.37. The van der Waals surface area contributed by atoms with Gasteiger partial charge in [0.1, 0.15) is 5.60 Å². The Morgan fingerprint density at radius 2 is 2.05 bits per heavy atom. The van der Waals surface area contributed by atoms with Gasteiger partial charge in [-0.2, -0.15) is 0 Å². The minimum atomic E-state index is -0.475. The summed E-state index contributed by atoms with van der Waals surface area (Å²) in [6.45, 7) is 8.62. The number of carbonyl (C=O) groups excluding carboxylic acids is 1. The zero-order chi connectivity index (χ0) is 16.3. The zero-order valence-electron chi connectivity index (χ0n) is 13.6. The third-order valence-corrected chi connectivity index (χ3v) is 3.36. The second-order valence-electron chi connectivity index (χ2n) is 6.62. The highest BCUT2D eigenvalue weighted by molar-refractivity contribution is 5.68. The summed E-state index contributed by atoms with van der Waals surface area (Å²) in [5, 5.41) is 3.22. The molecule has 7 heteroatoms. The number of anilines is 1. The van der Waals surface area contributed by atoms with E-state index in [9.17, 15) is 9.59 Å². The fourth-order valence-corrected chi connectivity index (χ4v) is 2.37. The lowest BCUT2D eigenvalue weighted by atomic mass is 10.1. The molecule has 0 spiro atoms. The molecule has 0 aliphatic carbocycles. The summed E-state index contributed by atoms with van der Waals surface area (Å²) in [5.41, 5.74) is 0.0376. The Hall–Kier alpha value is -2.05. The van der Waals surface area contributed by atoms with Gasteiger partial charge in [0.25, 0.3) is 5.56 Å². The van der Waals surface area contributed by atoms with Crippen LogP contribution in [0.5, 0.6) is 0 Å². The Morgan fingerprint density at radius 1 is 1.41 bits per heavy atom. The normalized spacial score (nSPS) is 16.5. The fourth-order valence-electron chi connectivity index (χ4n) is 2.37. The molecule has 0 atom stereocenters. The maximum atomic E-state index is 12.0. The highest BCUT2D eigenvalue weighted by Crippen LogP contribution is 2.17. The van der Waals surface area contributed by atoms with Crippen molar-refractivity contribution in [1.82, 2.24) is 14.9 Å². The third kappa shape index (κ3) is 4.75. The summed E-state index contributed by atoms with van der Waals surface area (Å²) in [4.78, 5) is 32.1. The van der Waals surface area contributed by atoms with E-state index in [0.717, 1.165) is 12.8 Å². The number of hydrogen-bond donors (Lipinski definition) is 2. The number of piperidine rings is 1. The molecule has 2 N–H and O–H groups in total. The number of likely N-dealkylation sites (tertiary alicyclic amines) is 1. The molecule has 1 amide bonds. The van der Waals surface area contributed by atoms with Crippen LogP contribution in [0, 0.1) is 6.92 Å². The molecule has 2 heterocycles. The Labute approximate surface area is 130 Å². The van der Waals surface area contributed by atoms with Gasteiger partial charge in [0, 0.05) is 30.9 Å². The second-order valence-corrected chi connectivity index (χ2v) is 6.62. The lowest BCUT2D eigenvalue weighted by Gasteiger charge is -2.33. The molecule has 1 aromatic rings. The van der Waals surface area contributed by atoms with Crippen molar-refractivity contribution in [2.45, 2.75) is 52.2 Å². The van der Waals surface area contributed by atoms with E-state index in [1.54, 1.807) is 11.8 Å². The van der Waals surface area contributed by atoms with Gasteiger partial charge in [0.15, 0.2) is 0 Å². The number of aryl methyl sites for hydroxylation is 1. The Kier molecular flexibility index (Phi) is 4.73. The molecular weight excluding hydrogens is 284 g/mol. The zero-order valence-corrected chi connectivity index (χ0v) is 13.6. The predicted octanol–water partition coefficient (Wildman–Crippen LogP) is 1.89. The van der Waals surface area contributed by atoms with E-state index in [1.807, 2.05) is 20.8 Å². The number of aromatic amines is 1. The number of aromatic nitrogens is 2. The average Bonchev–Trinajstić information content (AvgIpc) is 2.36. The minimum absolute atomic E-state index is 0.166. The fraction of sp³-hybridized carbons (Fsp3) is 0.667. The van der Waals surface area contributed by atoms with Gasteiger partial charge in [-0.1, -0.05) is 0 Å². The van der Waals surface area contributed by atoms with Gasteiger partial charge >= 0.3 is 6.09 Å². The van der Waals surface area contributed by atoms with Gasteiger partial charge in [0.2, 0.25) is 5.95 Å². The van der Waals surface area contributed by atoms with Crippen molar-refractivity contribution in [2.75, 3.05) is 18.4 Å². The molecule has 0 bridgehead atoms. The van der Waals surface area contributed by atoms with Crippen LogP contribution in [0.1, 0.15) is 39.3 Å². The number of ether oxygens (including phenoxy) is 1. The number of hydrogen-bond acceptors (Lipinski definition) is 5. The number of rotatable bonds is 2. The van der Waals surface area contributed by atoms with Gasteiger partial charge in [0.05, 0.1) is 0 Å². The highest BCUT2D eigenvalue weighted by atomic mass is 16.6. The summed E-state index contributed by atoms with van der Waals surface area (Å²) in [6.07, 6.45) is 1.31. The minimum Gasteiger partial charge on any atom is -0.444 e. The lowest BCUT2D eigenvalue weighted by molar-refractivity contribution is 0.0210. The van der Waals surface area contributed by atoms with E-state index in [4.69, 9.17) is 4.74 Å². The Balaban J connectivity index is 1.87. The van der Waals surface area contributed by atoms with Crippen molar-refractivity contribution in [3.63, 3.8) is 0 Å². The monoisotopic (exact) mass is 308 g/mol. The van der Waals surface area contributed by atoms with E-state index in [0.29, 0.717) is 24.7 Å². The number of H-pyrrole nitrogens is 1. The predicted molar refractivity (Wildman–Crippen MR) is 84.0 cm³/mol. The maximum Gasteiger partial charge on any atom is 0.410 e. The van der Waals surface area contributed by atoms with E-state index >= 15 is 0 Å². The molecule has 22 heavy (non-hydrogen) atoms. The van der Waals surface area contributed by atoms with Crippen LogP contribution in [-0.2, 0) is 4.74 Å². The van der Waals surface area contributed by atoms with Crippen LogP contribution in [-0.4, -0.2) is 45.7 Å². The quantitative estimate of drug-likeness (QED) is 0.871. The first-order chi connectivity index (χ1) is 10.2. The van der Waals surface area contributed by atoms with Gasteiger partial charge in [-0.3, -0.25) is 9.78 Å². The van der Waals surface area contributed by atoms with Crippen LogP contribution in [0.3, 0.4) is 0 Å². The molecule has 1 aliphatic heterocycles. The summed E-state index contributed by atoms with van der Waals surface area (Å²) in [7, 11) is 0. The standard InChI is InChI=1S/C15H24N4O3/c1-10-9-12(20)18-13(16-10)17-11-5-7-19(8-6-11)14(21)22-15(2,3)4/h9,11H,5-8H2,1-4H3,(H2,16,17,18,20). The van der Waals surface area contributed by atoms with Crippen molar-refractivity contribution >= 4 is 12.0 Å². The number of amides is 1. The molecule has 0 radical (unpaired) electrons. The first kappa shape index (κ1) is 16.3. The van der Waals surface area contributed by atoms with Crippen molar-refractivity contribution in [3.05, 3.63) is 22.1 Å². The highest BCUT2D eigenvalue weighted by Gasteiger charge is 2.27. The van der Waals surface area contributed by atoms with Crippen LogP contribution < -0.4 is 10.9 Å². The van der Waals surface area contributed by atoms with Gasteiger partial charge < -0.3 is 15.0 Å². The van der Waals surface area contributed by atoms with Crippen molar-refractivity contribution in [3.8, 4) is 0 Å². The summed E-state index contributed by atoms with van der Waals surface area (Å²) in [6, 6.07) is 1.64. The van der Waals surface area contributed by atoms with E-state index in [1.165, 1.54) is 6.07 Å². The maximum absolute atomic E-state index is 12.0. The van der Waals surface area contributed by atoms with Gasteiger partial charge in [-0.05, 0) is 40.5 Å². The van der Waals surface area contributed by atoms with Crippen LogP contribution in [0.4, 0.5) is 10.7 Å². The topological polar surface area (TPSA) is 87.3 Å². The molecule has 2 rings (SSSR count). The molecule has 1 aromatic heterocycles. The Morgan fingerprint density at radius 3 is 2.59 bits per heavy atom. The van der Waals surface area contributed by atoms with Gasteiger partial charge in [-0.15, -0.1) is 0 Å². The van der Waals surface area contributed by atoms with E-state index < -0.39 is 5.60 Å². The van der Waals surface area contributed by atoms with Crippen molar-refractivity contribution in [2.24, 2.45) is 0 Å². The average molecular weight is 308 g/mol. The molecule has 0 aromatic carbocycles. The van der Waals surface area contributed by atoms with Crippen molar-refractivity contribution in [1.29, 1.82) is 0 Å². The Bertz CT molecular complexity index is 583. The second kappa shape index (κ2) is 6.37. The molecule has 1 aliphatic rings. The van der Waals surface area contributed by atoms with Crippen molar-refractivity contribution < 1.29 is 9.53 Å². The van der Waals surface area contributed by atoms with Gasteiger partial charge in [-0.25, -0.2) is 9.78 Å². The molecule has 1 fully saturated rings. The summed E-state index contributed by atoms with van der Waals surface area (Å²) >= 11 is 0. The first-order valence-corrected chi connectivity index (χ1v) is 7.55. The number of nitrogens with zero attached hydrogens (tertiary/aromatic N) is 2. The van der Waals surface area contributed by atoms with E-state index in [-0.39, 0.29) is 17.7 Å². The molecule has 7 nitrogen and oxygen atoms in total. The van der Waals surface area contributed by atoms with Crippen LogP contribution in [0.15, 0.2) is 10.9 Å². The molecule has 0 saturated carbocycles. The van der Waals surface area contributed by atoms with Crippen LogP contribution >= 0.6 is 0 Å². The lowest BCUT2D eigenvalue weighted by Crippen LogP contribution is -2.44. The molecule has 0 unspecified atom stereocenters. The van der Waals surface area contributed by atoms with E-state index in [2.05, 4.69) is 15.3 Å². The first-order valence-electron chi connectivity index (χ1n) is 7.55. The largest absolute Gasteiger partial charge is 0.444 e. The van der Waals surface area contributed by atoms with Crippen LogP contribution in [0.25, 0.3) is 0 Å². The summed E-state index contributed by atoms with van der Waals surface area (Å²) in [5.74, 6) is 0.487. The molecule has 1 saturated heterocycles. The molecular formula is C15H24N4O3. The SMILES string of the molecule is Cc1cc(=O)[nH]c(NC2CCN(C(=O)OC(C)(C)C)CC2)n1. The van der Waals surface area contributed by atoms with Crippen LogP contribution in [0.2, 0.25) is 0 Å².